The molecule has 0 spiro atoms. The van der Waals surface area contributed by atoms with Crippen molar-refractivity contribution in [3.63, 3.8) is 0 Å². The number of aromatic nitrogens is 2. The van der Waals surface area contributed by atoms with E-state index in [0.717, 1.165) is 18.3 Å². The van der Waals surface area contributed by atoms with Crippen LogP contribution < -0.4 is 11.2 Å². The summed E-state index contributed by atoms with van der Waals surface area (Å²) in [6.45, 7) is 2.17. The minimum absolute atomic E-state index is 0.605. The van der Waals surface area contributed by atoms with Crippen molar-refractivity contribution in [3.8, 4) is 0 Å². The number of hydrogen-bond acceptors (Lipinski definition) is 12. The molecule has 1 saturated heterocycles. The first-order valence-corrected chi connectivity index (χ1v) is 12.0. The normalized spacial score (nSPS) is 29.5. The summed E-state index contributed by atoms with van der Waals surface area (Å²) in [6.07, 6.45) is -4.48. The highest BCUT2D eigenvalue weighted by Gasteiger charge is 2.57. The lowest BCUT2D eigenvalue weighted by atomic mass is 9.96. The zero-order valence-corrected chi connectivity index (χ0v) is 18.1. The van der Waals surface area contributed by atoms with E-state index in [9.17, 15) is 37.7 Å². The molecule has 0 aliphatic carbocycles. The monoisotopic (exact) mass is 523 g/mol. The van der Waals surface area contributed by atoms with Crippen LogP contribution in [-0.2, 0) is 36.3 Å². The number of H-pyrrole nitrogens is 1. The lowest BCUT2D eigenvalue weighted by Crippen LogP contribution is -2.44. The maximum absolute atomic E-state index is 14.7. The molecule has 1 aliphatic rings. The van der Waals surface area contributed by atoms with Crippen LogP contribution in [0, 0.1) is 0 Å². The van der Waals surface area contributed by atoms with Crippen LogP contribution >= 0.6 is 23.9 Å². The van der Waals surface area contributed by atoms with Gasteiger partial charge in [-0.2, -0.15) is 4.31 Å². The summed E-state index contributed by atoms with van der Waals surface area (Å²) in [5.41, 5.74) is -1.90. The van der Waals surface area contributed by atoms with E-state index in [-0.39, 0.29) is 0 Å². The molecular weight excluding hydrogens is 508 g/mol. The van der Waals surface area contributed by atoms with Crippen LogP contribution in [0.25, 0.3) is 0 Å². The maximum Gasteiger partial charge on any atom is 0.708 e. The highest BCUT2D eigenvalue weighted by atomic mass is 31.3. The second-order valence-corrected chi connectivity index (χ2v) is 9.95. The van der Waals surface area contributed by atoms with Crippen molar-refractivity contribution in [3.05, 3.63) is 51.5 Å². The minimum Gasteiger partial charge on any atom is -0.386 e. The largest absolute Gasteiger partial charge is 0.708 e. The third-order valence-electron chi connectivity index (χ3n) is 3.76. The van der Waals surface area contributed by atoms with Crippen LogP contribution in [0.1, 0.15) is 6.23 Å². The first-order valence-electron chi connectivity index (χ1n) is 7.94. The number of hydrogen-bond donors (Lipinski definition) is 5. The van der Waals surface area contributed by atoms with Crippen LogP contribution in [0.5, 0.6) is 0 Å². The molecule has 5 N–H and O–H groups in total. The van der Waals surface area contributed by atoms with Crippen molar-refractivity contribution in [2.75, 3.05) is 6.61 Å². The van der Waals surface area contributed by atoms with Crippen LogP contribution in [0.2, 0.25) is 0 Å². The molecule has 1 aliphatic heterocycles. The van der Waals surface area contributed by atoms with Crippen molar-refractivity contribution in [1.29, 1.82) is 0 Å². The summed E-state index contributed by atoms with van der Waals surface area (Å²) in [4.78, 5) is 42.9. The Kier molecular flexibility index (Phi) is 8.37. The molecule has 178 valence electrons. The van der Waals surface area contributed by atoms with E-state index < -0.39 is 65.9 Å². The lowest BCUT2D eigenvalue weighted by Gasteiger charge is -2.24. The van der Waals surface area contributed by atoms with Crippen molar-refractivity contribution in [2.45, 2.75) is 24.1 Å². The fraction of sp³-hybridized carbons (Fsp3) is 0.417. The number of nitrogens with one attached hydrogen (secondary N) is 1. The molecule has 0 saturated carbocycles. The first-order chi connectivity index (χ1) is 14.8. The molecule has 32 heavy (non-hydrogen) atoms. The predicted octanol–water partition coefficient (Wildman–Crippen LogP) is 0.242. The lowest BCUT2D eigenvalue weighted by molar-refractivity contribution is -0.157. The van der Waals surface area contributed by atoms with E-state index in [1.165, 1.54) is 0 Å². The van der Waals surface area contributed by atoms with E-state index in [4.69, 9.17) is 14.9 Å². The zero-order chi connectivity index (χ0) is 24.3. The molecule has 1 fully saturated rings. The van der Waals surface area contributed by atoms with E-state index in [1.807, 2.05) is 4.98 Å². The Balaban J connectivity index is 2.20. The molecule has 1 aromatic rings. The van der Waals surface area contributed by atoms with Crippen LogP contribution in [0.3, 0.4) is 0 Å². The Hall–Kier alpha value is -1.67. The number of nitrogens with zero attached hydrogens (tertiary/aromatic N) is 1. The van der Waals surface area contributed by atoms with Gasteiger partial charge in [0.05, 0.1) is 0 Å². The Morgan fingerprint density at radius 3 is 2.62 bits per heavy atom. The molecule has 0 radical (unpaired) electrons. The molecule has 0 aromatic carbocycles. The maximum atomic E-state index is 14.7. The molecule has 0 bridgehead atoms. The standard InChI is InChI=1S/C12H14FN2O14P3/c1-2-4-12(6-25-30(20)28-32(23,24)29-31(21,22)27-19)9(17)8(13)10(26-12)15-5-3-7(16)14-11(15)18/h3-5,8-10,17H,1,6H2,(H3-,14,16,18,19,21,22,23,24)/p+1/t8-,9-,10+,12+/m0/s1. The summed E-state index contributed by atoms with van der Waals surface area (Å²) >= 11 is 0. The van der Waals surface area contributed by atoms with Crippen LogP contribution in [0.15, 0.2) is 40.2 Å². The van der Waals surface area contributed by atoms with E-state index in [2.05, 4.69) is 30.1 Å². The number of aliphatic hydroxyl groups excluding tert-OH is 1. The number of phosphoric acid groups is 2. The number of alkyl halides is 1. The van der Waals surface area contributed by atoms with Gasteiger partial charge < -0.3 is 14.7 Å². The molecule has 3 unspecified atom stereocenters. The summed E-state index contributed by atoms with van der Waals surface area (Å²) in [5.74, 6) is 0. The van der Waals surface area contributed by atoms with E-state index >= 15 is 0 Å². The number of aromatic amines is 1. The van der Waals surface area contributed by atoms with E-state index in [1.54, 1.807) is 0 Å². The van der Waals surface area contributed by atoms with Gasteiger partial charge in [0.25, 0.3) is 5.56 Å². The van der Waals surface area contributed by atoms with Gasteiger partial charge in [0.1, 0.15) is 12.7 Å². The molecule has 2 heterocycles. The van der Waals surface area contributed by atoms with Crippen molar-refractivity contribution in [1.82, 2.24) is 9.55 Å². The third kappa shape index (κ3) is 6.22. The second kappa shape index (κ2) is 10.1. The Labute approximate surface area is 177 Å². The van der Waals surface area contributed by atoms with Gasteiger partial charge in [-0.15, -0.1) is 14.9 Å². The minimum atomic E-state index is -5.59. The van der Waals surface area contributed by atoms with Crippen LogP contribution in [0.4, 0.5) is 4.39 Å². The molecule has 1 aromatic heterocycles. The van der Waals surface area contributed by atoms with Crippen molar-refractivity contribution >= 4 is 23.9 Å². The summed E-state index contributed by atoms with van der Waals surface area (Å²) in [7, 11) is -14.7. The van der Waals surface area contributed by atoms with Gasteiger partial charge in [-0.1, -0.05) is 6.58 Å². The molecule has 0 amide bonds. The Morgan fingerprint density at radius 1 is 1.41 bits per heavy atom. The Morgan fingerprint density at radius 2 is 2.06 bits per heavy atom. The average Bonchev–Trinajstić information content (AvgIpc) is 2.91. The van der Waals surface area contributed by atoms with Gasteiger partial charge in [0.15, 0.2) is 18.0 Å². The van der Waals surface area contributed by atoms with Gasteiger partial charge >= 0.3 is 29.6 Å². The van der Waals surface area contributed by atoms with Gasteiger partial charge in [0, 0.05) is 16.8 Å². The first kappa shape index (κ1) is 26.6. The van der Waals surface area contributed by atoms with E-state index in [0.29, 0.717) is 4.57 Å². The smallest absolute Gasteiger partial charge is 0.386 e. The van der Waals surface area contributed by atoms with Gasteiger partial charge in [-0.3, -0.25) is 19.2 Å². The quantitative estimate of drug-likeness (QED) is 0.120. The molecule has 20 heteroatoms. The number of aliphatic hydroxyl groups is 1. The number of ether oxygens (including phenoxy) is 1. The van der Waals surface area contributed by atoms with Gasteiger partial charge in [-0.25, -0.2) is 23.6 Å². The van der Waals surface area contributed by atoms with Gasteiger partial charge in [-0.05, 0) is 10.4 Å². The Bertz CT molecular complexity index is 1130. The third-order valence-corrected chi connectivity index (χ3v) is 7.32. The second-order valence-electron chi connectivity index (χ2n) is 5.90. The number of rotatable bonds is 10. The highest BCUT2D eigenvalue weighted by Crippen LogP contribution is 2.63. The van der Waals surface area contributed by atoms with Crippen molar-refractivity contribution < 1.29 is 60.8 Å². The van der Waals surface area contributed by atoms with Crippen LogP contribution in [-0.4, -0.2) is 54.2 Å². The topological polar surface area (TPSA) is 233 Å². The fourth-order valence-electron chi connectivity index (χ4n) is 2.50. The summed E-state index contributed by atoms with van der Waals surface area (Å²) in [5, 5.41) is 18.4. The molecular formula is C12H15FN2O14P3+. The predicted molar refractivity (Wildman–Crippen MR) is 97.9 cm³/mol. The zero-order valence-electron chi connectivity index (χ0n) is 15.4. The SMILES string of the molecule is C=C=C[C@]1(CO[P+](=O)OP(=O)(O)OP(=O)(O)OO)O[C@@H](n2ccc(=O)[nH]c2=O)[C@@H](F)[C@@H]1O. The van der Waals surface area contributed by atoms with Gasteiger partial charge in [0.2, 0.25) is 0 Å². The summed E-state index contributed by atoms with van der Waals surface area (Å²) in [6, 6.07) is 0.878. The average molecular weight is 523 g/mol. The molecule has 2 rings (SSSR count). The fourth-order valence-corrected chi connectivity index (χ4v) is 5.22. The van der Waals surface area contributed by atoms with Crippen molar-refractivity contribution in [2.24, 2.45) is 0 Å². The molecule has 16 nitrogen and oxygen atoms in total. The molecule has 7 atom stereocenters. The highest BCUT2D eigenvalue weighted by molar-refractivity contribution is 7.64. The summed E-state index contributed by atoms with van der Waals surface area (Å²) < 4.78 is 70.0. The number of halogens is 1.